The molecule has 19 heavy (non-hydrogen) atoms. The fourth-order valence-electron chi connectivity index (χ4n) is 2.44. The van der Waals surface area contributed by atoms with Crippen molar-refractivity contribution in [1.82, 2.24) is 9.78 Å². The van der Waals surface area contributed by atoms with Gasteiger partial charge in [-0.2, -0.15) is 5.10 Å². The SMILES string of the molecule is O=C(O)c1nn(-c2ccc(F)c(F)c2)c2c1CCC2. The summed E-state index contributed by atoms with van der Waals surface area (Å²) >= 11 is 0. The van der Waals surface area contributed by atoms with Crippen LogP contribution < -0.4 is 0 Å². The summed E-state index contributed by atoms with van der Waals surface area (Å²) in [5, 5.41) is 13.1. The number of carbonyl (C=O) groups is 1. The zero-order valence-corrected chi connectivity index (χ0v) is 9.86. The van der Waals surface area contributed by atoms with Gasteiger partial charge in [0.15, 0.2) is 17.3 Å². The third kappa shape index (κ3) is 1.80. The molecular formula is C13H10F2N2O2. The van der Waals surface area contributed by atoms with Gasteiger partial charge in [0.1, 0.15) is 0 Å². The highest BCUT2D eigenvalue weighted by Gasteiger charge is 2.26. The van der Waals surface area contributed by atoms with Gasteiger partial charge in [-0.25, -0.2) is 18.3 Å². The lowest BCUT2D eigenvalue weighted by Gasteiger charge is -2.05. The maximum atomic E-state index is 13.2. The molecule has 0 spiro atoms. The van der Waals surface area contributed by atoms with Gasteiger partial charge in [-0.1, -0.05) is 0 Å². The minimum Gasteiger partial charge on any atom is -0.476 e. The van der Waals surface area contributed by atoms with Crippen LogP contribution in [0.2, 0.25) is 0 Å². The van der Waals surface area contributed by atoms with Crippen LogP contribution >= 0.6 is 0 Å². The van der Waals surface area contributed by atoms with E-state index >= 15 is 0 Å². The second-order valence-electron chi connectivity index (χ2n) is 4.44. The Kier molecular flexibility index (Phi) is 2.58. The van der Waals surface area contributed by atoms with Crippen LogP contribution in [0, 0.1) is 11.6 Å². The first-order chi connectivity index (χ1) is 9.08. The molecule has 1 aromatic carbocycles. The molecule has 0 radical (unpaired) electrons. The fraction of sp³-hybridized carbons (Fsp3) is 0.231. The molecule has 1 aliphatic carbocycles. The summed E-state index contributed by atoms with van der Waals surface area (Å²) in [5.41, 5.74) is 1.79. The van der Waals surface area contributed by atoms with Gasteiger partial charge in [-0.05, 0) is 31.4 Å². The lowest BCUT2D eigenvalue weighted by molar-refractivity contribution is 0.0689. The Morgan fingerprint density at radius 2 is 2.05 bits per heavy atom. The largest absolute Gasteiger partial charge is 0.476 e. The van der Waals surface area contributed by atoms with Gasteiger partial charge in [0, 0.05) is 17.3 Å². The van der Waals surface area contributed by atoms with Gasteiger partial charge in [0.25, 0.3) is 0 Å². The molecule has 3 rings (SSSR count). The standard InChI is InChI=1S/C13H10F2N2O2/c14-9-5-4-7(6-10(9)15)17-11-3-1-2-8(11)12(16-17)13(18)19/h4-6H,1-3H2,(H,18,19). The predicted octanol–water partition coefficient (Wildman–Crippen LogP) is 2.34. The van der Waals surface area contributed by atoms with Crippen molar-refractivity contribution in [2.24, 2.45) is 0 Å². The molecule has 1 N–H and O–H groups in total. The van der Waals surface area contributed by atoms with Crippen LogP contribution in [0.5, 0.6) is 0 Å². The number of hydrogen-bond donors (Lipinski definition) is 1. The predicted molar refractivity (Wildman–Crippen MR) is 62.5 cm³/mol. The lowest BCUT2D eigenvalue weighted by atomic mass is 10.2. The molecule has 0 unspecified atom stereocenters. The van der Waals surface area contributed by atoms with E-state index in [2.05, 4.69) is 5.10 Å². The van der Waals surface area contributed by atoms with Crippen molar-refractivity contribution < 1.29 is 18.7 Å². The summed E-state index contributed by atoms with van der Waals surface area (Å²) in [6.45, 7) is 0. The number of aromatic nitrogens is 2. The third-order valence-electron chi connectivity index (χ3n) is 3.28. The molecule has 2 aromatic rings. The average molecular weight is 264 g/mol. The van der Waals surface area contributed by atoms with Crippen LogP contribution in [0.1, 0.15) is 28.2 Å². The van der Waals surface area contributed by atoms with E-state index in [0.29, 0.717) is 24.1 Å². The number of fused-ring (bicyclic) bond motifs is 1. The Morgan fingerprint density at radius 1 is 1.26 bits per heavy atom. The molecule has 0 saturated heterocycles. The van der Waals surface area contributed by atoms with Crippen molar-refractivity contribution in [2.45, 2.75) is 19.3 Å². The van der Waals surface area contributed by atoms with E-state index in [4.69, 9.17) is 5.11 Å². The lowest BCUT2D eigenvalue weighted by Crippen LogP contribution is -2.05. The molecule has 0 bridgehead atoms. The highest BCUT2D eigenvalue weighted by molar-refractivity contribution is 5.87. The summed E-state index contributed by atoms with van der Waals surface area (Å²) < 4.78 is 27.6. The number of carboxylic acids is 1. The van der Waals surface area contributed by atoms with Crippen LogP contribution in [0.25, 0.3) is 5.69 Å². The van der Waals surface area contributed by atoms with Crippen LogP contribution in [-0.2, 0) is 12.8 Å². The number of benzene rings is 1. The van der Waals surface area contributed by atoms with Crippen LogP contribution in [0.3, 0.4) is 0 Å². The zero-order chi connectivity index (χ0) is 13.6. The molecule has 0 atom stereocenters. The van der Waals surface area contributed by atoms with E-state index in [0.717, 1.165) is 24.2 Å². The first-order valence-electron chi connectivity index (χ1n) is 5.87. The molecule has 0 aliphatic heterocycles. The molecule has 4 nitrogen and oxygen atoms in total. The van der Waals surface area contributed by atoms with E-state index < -0.39 is 17.6 Å². The monoisotopic (exact) mass is 264 g/mol. The van der Waals surface area contributed by atoms with Gasteiger partial charge in [-0.15, -0.1) is 0 Å². The highest BCUT2D eigenvalue weighted by atomic mass is 19.2. The van der Waals surface area contributed by atoms with E-state index in [1.807, 2.05) is 0 Å². The molecule has 6 heteroatoms. The summed E-state index contributed by atoms with van der Waals surface area (Å²) in [6, 6.07) is 3.41. The highest BCUT2D eigenvalue weighted by Crippen LogP contribution is 2.28. The Hall–Kier alpha value is -2.24. The number of carboxylic acid groups (broad SMARTS) is 1. The molecule has 98 valence electrons. The van der Waals surface area contributed by atoms with Gasteiger partial charge in [-0.3, -0.25) is 0 Å². The molecule has 1 aliphatic rings. The van der Waals surface area contributed by atoms with Crippen LogP contribution in [-0.4, -0.2) is 20.9 Å². The second-order valence-corrected chi connectivity index (χ2v) is 4.44. The first kappa shape index (κ1) is 11.8. The van der Waals surface area contributed by atoms with Crippen molar-refractivity contribution in [2.75, 3.05) is 0 Å². The number of aromatic carboxylic acids is 1. The Morgan fingerprint density at radius 3 is 2.74 bits per heavy atom. The number of halogens is 2. The smallest absolute Gasteiger partial charge is 0.356 e. The maximum absolute atomic E-state index is 13.2. The van der Waals surface area contributed by atoms with E-state index in [1.165, 1.54) is 10.7 Å². The van der Waals surface area contributed by atoms with Gasteiger partial charge >= 0.3 is 5.97 Å². The van der Waals surface area contributed by atoms with E-state index in [-0.39, 0.29) is 5.69 Å². The maximum Gasteiger partial charge on any atom is 0.356 e. The van der Waals surface area contributed by atoms with Gasteiger partial charge in [0.2, 0.25) is 0 Å². The summed E-state index contributed by atoms with van der Waals surface area (Å²) in [7, 11) is 0. The molecule has 0 amide bonds. The van der Waals surface area contributed by atoms with E-state index in [9.17, 15) is 13.6 Å². The van der Waals surface area contributed by atoms with Crippen molar-refractivity contribution in [1.29, 1.82) is 0 Å². The molecule has 1 heterocycles. The number of rotatable bonds is 2. The second kappa shape index (κ2) is 4.15. The topological polar surface area (TPSA) is 55.1 Å². The van der Waals surface area contributed by atoms with E-state index in [1.54, 1.807) is 0 Å². The minimum atomic E-state index is -1.10. The average Bonchev–Trinajstić information content (AvgIpc) is 2.93. The number of nitrogens with zero attached hydrogens (tertiary/aromatic N) is 2. The summed E-state index contributed by atoms with van der Waals surface area (Å²) in [6.07, 6.45) is 2.19. The van der Waals surface area contributed by atoms with Crippen LogP contribution in [0.4, 0.5) is 8.78 Å². The van der Waals surface area contributed by atoms with Crippen LogP contribution in [0.15, 0.2) is 18.2 Å². The molecule has 1 aromatic heterocycles. The minimum absolute atomic E-state index is 0.00256. The summed E-state index contributed by atoms with van der Waals surface area (Å²) in [5.74, 6) is -3.01. The zero-order valence-electron chi connectivity index (χ0n) is 9.86. The first-order valence-corrected chi connectivity index (χ1v) is 5.87. The third-order valence-corrected chi connectivity index (χ3v) is 3.28. The summed E-state index contributed by atoms with van der Waals surface area (Å²) in [4.78, 5) is 11.1. The molecular weight excluding hydrogens is 254 g/mol. The Balaban J connectivity index is 2.18. The Bertz CT molecular complexity index is 680. The van der Waals surface area contributed by atoms with Gasteiger partial charge < -0.3 is 5.11 Å². The van der Waals surface area contributed by atoms with Crippen molar-refractivity contribution >= 4 is 5.97 Å². The molecule has 0 fully saturated rings. The van der Waals surface area contributed by atoms with Crippen molar-refractivity contribution in [3.8, 4) is 5.69 Å². The number of hydrogen-bond acceptors (Lipinski definition) is 2. The quantitative estimate of drug-likeness (QED) is 0.905. The van der Waals surface area contributed by atoms with Gasteiger partial charge in [0.05, 0.1) is 5.69 Å². The van der Waals surface area contributed by atoms with Crippen molar-refractivity contribution in [3.05, 3.63) is 46.8 Å². The fourth-order valence-corrected chi connectivity index (χ4v) is 2.44. The Labute approximate surface area is 107 Å². The molecule has 0 saturated carbocycles. The van der Waals surface area contributed by atoms with Crippen molar-refractivity contribution in [3.63, 3.8) is 0 Å². The normalized spacial score (nSPS) is 13.6.